The predicted octanol–water partition coefficient (Wildman–Crippen LogP) is 1.08. The van der Waals surface area contributed by atoms with Crippen molar-refractivity contribution in [1.82, 2.24) is 15.1 Å². The molecule has 1 aromatic heterocycles. The van der Waals surface area contributed by atoms with Crippen LogP contribution in [0.1, 0.15) is 12.0 Å². The number of benzene rings is 1. The summed E-state index contributed by atoms with van der Waals surface area (Å²) in [5.74, 6) is -0.635. The second-order valence-corrected chi connectivity index (χ2v) is 4.65. The lowest BCUT2D eigenvalue weighted by Crippen LogP contribution is -2.22. The quantitative estimate of drug-likeness (QED) is 0.835. The topological polar surface area (TPSA) is 64.0 Å². The van der Waals surface area contributed by atoms with Gasteiger partial charge in [0.2, 0.25) is 11.8 Å². The second-order valence-electron chi connectivity index (χ2n) is 4.65. The fraction of sp³-hybridized carbons (Fsp3) is 0.214. The van der Waals surface area contributed by atoms with E-state index < -0.39 is 0 Å². The van der Waals surface area contributed by atoms with Crippen LogP contribution in [-0.4, -0.2) is 21.6 Å². The molecule has 2 aromatic rings. The van der Waals surface area contributed by atoms with E-state index in [9.17, 15) is 9.59 Å². The molecule has 2 amide bonds. The summed E-state index contributed by atoms with van der Waals surface area (Å²) < 4.78 is 1.77. The lowest BCUT2D eigenvalue weighted by atomic mass is 10.0. The fourth-order valence-corrected chi connectivity index (χ4v) is 2.24. The minimum absolute atomic E-state index is 0.183. The Labute approximate surface area is 110 Å². The first kappa shape index (κ1) is 11.6. The van der Waals surface area contributed by atoms with Crippen LogP contribution in [0.15, 0.2) is 42.7 Å². The van der Waals surface area contributed by atoms with Gasteiger partial charge in [-0.25, -0.2) is 4.68 Å². The highest BCUT2D eigenvalue weighted by Crippen LogP contribution is 2.17. The first-order chi connectivity index (χ1) is 9.22. The Kier molecular flexibility index (Phi) is 2.87. The summed E-state index contributed by atoms with van der Waals surface area (Å²) in [5.41, 5.74) is 1.93. The van der Waals surface area contributed by atoms with Crippen molar-refractivity contribution >= 4 is 11.8 Å². The molecule has 1 unspecified atom stereocenters. The van der Waals surface area contributed by atoms with Crippen molar-refractivity contribution in [3.8, 4) is 5.69 Å². The minimum atomic E-state index is -0.263. The molecule has 0 saturated carbocycles. The van der Waals surface area contributed by atoms with Crippen LogP contribution in [-0.2, 0) is 16.0 Å². The van der Waals surface area contributed by atoms with E-state index in [2.05, 4.69) is 10.4 Å². The first-order valence-electron chi connectivity index (χ1n) is 6.15. The van der Waals surface area contributed by atoms with Gasteiger partial charge >= 0.3 is 0 Å². The summed E-state index contributed by atoms with van der Waals surface area (Å²) in [5, 5.41) is 6.59. The minimum Gasteiger partial charge on any atom is -0.296 e. The summed E-state index contributed by atoms with van der Waals surface area (Å²) in [6.45, 7) is 0. The van der Waals surface area contributed by atoms with Crippen LogP contribution in [0, 0.1) is 5.92 Å². The van der Waals surface area contributed by atoms with Crippen molar-refractivity contribution in [3.05, 3.63) is 48.3 Å². The SMILES string of the molecule is O=C1CC(Cc2cnn(-c3ccccc3)c2)C(=O)N1. The molecular formula is C14H13N3O2. The number of imide groups is 1. The van der Waals surface area contributed by atoms with E-state index in [4.69, 9.17) is 0 Å². The lowest BCUT2D eigenvalue weighted by Gasteiger charge is -2.02. The molecule has 1 aliphatic rings. The Morgan fingerprint density at radius 3 is 2.74 bits per heavy atom. The van der Waals surface area contributed by atoms with Gasteiger partial charge in [0.25, 0.3) is 0 Å². The van der Waals surface area contributed by atoms with Gasteiger partial charge < -0.3 is 0 Å². The van der Waals surface area contributed by atoms with E-state index in [-0.39, 0.29) is 24.2 Å². The predicted molar refractivity (Wildman–Crippen MR) is 68.5 cm³/mol. The van der Waals surface area contributed by atoms with Gasteiger partial charge in [-0.05, 0) is 24.1 Å². The molecule has 2 heterocycles. The van der Waals surface area contributed by atoms with Gasteiger partial charge in [-0.15, -0.1) is 0 Å². The molecule has 0 radical (unpaired) electrons. The summed E-state index contributed by atoms with van der Waals surface area (Å²) in [7, 11) is 0. The molecule has 0 bridgehead atoms. The normalized spacial score (nSPS) is 18.6. The van der Waals surface area contributed by atoms with Gasteiger partial charge in [-0.3, -0.25) is 14.9 Å². The molecule has 3 rings (SSSR count). The fourth-order valence-electron chi connectivity index (χ4n) is 2.24. The number of hydrogen-bond acceptors (Lipinski definition) is 3. The maximum Gasteiger partial charge on any atom is 0.230 e. The van der Waals surface area contributed by atoms with Crippen LogP contribution in [0.4, 0.5) is 0 Å². The van der Waals surface area contributed by atoms with Crippen molar-refractivity contribution in [2.45, 2.75) is 12.8 Å². The number of nitrogens with one attached hydrogen (secondary N) is 1. The molecular weight excluding hydrogens is 242 g/mol. The number of rotatable bonds is 3. The van der Waals surface area contributed by atoms with Gasteiger partial charge in [0.15, 0.2) is 0 Å². The van der Waals surface area contributed by atoms with Crippen molar-refractivity contribution in [2.75, 3.05) is 0 Å². The van der Waals surface area contributed by atoms with Crippen LogP contribution >= 0.6 is 0 Å². The van der Waals surface area contributed by atoms with Crippen LogP contribution < -0.4 is 5.32 Å². The zero-order chi connectivity index (χ0) is 13.2. The Morgan fingerprint density at radius 2 is 2.05 bits per heavy atom. The third-order valence-electron chi connectivity index (χ3n) is 3.20. The van der Waals surface area contributed by atoms with E-state index in [0.717, 1.165) is 11.3 Å². The molecule has 5 nitrogen and oxygen atoms in total. The third kappa shape index (κ3) is 2.40. The zero-order valence-corrected chi connectivity index (χ0v) is 10.2. The Balaban J connectivity index is 1.75. The average Bonchev–Trinajstić information content (AvgIpc) is 2.99. The van der Waals surface area contributed by atoms with Crippen molar-refractivity contribution in [3.63, 3.8) is 0 Å². The van der Waals surface area contributed by atoms with Crippen LogP contribution in [0.25, 0.3) is 5.69 Å². The summed E-state index contributed by atoms with van der Waals surface area (Å²) in [6.07, 6.45) is 4.45. The maximum atomic E-state index is 11.5. The average molecular weight is 255 g/mol. The molecule has 1 fully saturated rings. The van der Waals surface area contributed by atoms with Gasteiger partial charge in [-0.2, -0.15) is 5.10 Å². The van der Waals surface area contributed by atoms with Crippen LogP contribution in [0.3, 0.4) is 0 Å². The number of nitrogens with zero attached hydrogens (tertiary/aromatic N) is 2. The summed E-state index contributed by atoms with van der Waals surface area (Å²) in [4.78, 5) is 22.6. The third-order valence-corrected chi connectivity index (χ3v) is 3.20. The van der Waals surface area contributed by atoms with Crippen molar-refractivity contribution in [2.24, 2.45) is 5.92 Å². The highest BCUT2D eigenvalue weighted by molar-refractivity contribution is 6.03. The molecule has 96 valence electrons. The lowest BCUT2D eigenvalue weighted by molar-refractivity contribution is -0.125. The first-order valence-corrected chi connectivity index (χ1v) is 6.15. The van der Waals surface area contributed by atoms with Crippen LogP contribution in [0.5, 0.6) is 0 Å². The molecule has 5 heteroatoms. The van der Waals surface area contributed by atoms with Crippen LogP contribution in [0.2, 0.25) is 0 Å². The molecule has 19 heavy (non-hydrogen) atoms. The Morgan fingerprint density at radius 1 is 1.26 bits per heavy atom. The molecule has 0 aliphatic carbocycles. The number of para-hydroxylation sites is 1. The van der Waals surface area contributed by atoms with Gasteiger partial charge in [0, 0.05) is 12.6 Å². The van der Waals surface area contributed by atoms with E-state index in [1.54, 1.807) is 10.9 Å². The number of hydrogen-bond donors (Lipinski definition) is 1. The second kappa shape index (κ2) is 4.68. The molecule has 1 saturated heterocycles. The Bertz CT molecular complexity index is 619. The number of amides is 2. The highest BCUT2D eigenvalue weighted by Gasteiger charge is 2.30. The number of aromatic nitrogens is 2. The van der Waals surface area contributed by atoms with E-state index in [0.29, 0.717) is 6.42 Å². The zero-order valence-electron chi connectivity index (χ0n) is 10.2. The smallest absolute Gasteiger partial charge is 0.230 e. The largest absolute Gasteiger partial charge is 0.296 e. The highest BCUT2D eigenvalue weighted by atomic mass is 16.2. The molecule has 1 aromatic carbocycles. The van der Waals surface area contributed by atoms with E-state index >= 15 is 0 Å². The Hall–Kier alpha value is -2.43. The van der Waals surface area contributed by atoms with Crippen molar-refractivity contribution in [1.29, 1.82) is 0 Å². The maximum absolute atomic E-state index is 11.5. The monoisotopic (exact) mass is 255 g/mol. The molecule has 1 N–H and O–H groups in total. The molecule has 1 aliphatic heterocycles. The summed E-state index contributed by atoms with van der Waals surface area (Å²) in [6, 6.07) is 9.76. The standard InChI is InChI=1S/C14H13N3O2/c18-13-7-11(14(19)16-13)6-10-8-15-17(9-10)12-4-2-1-3-5-12/h1-5,8-9,11H,6-7H2,(H,16,18,19). The van der Waals surface area contributed by atoms with Crippen molar-refractivity contribution < 1.29 is 9.59 Å². The van der Waals surface area contributed by atoms with Gasteiger partial charge in [0.05, 0.1) is 17.8 Å². The van der Waals surface area contributed by atoms with E-state index in [1.807, 2.05) is 36.5 Å². The van der Waals surface area contributed by atoms with E-state index in [1.165, 1.54) is 0 Å². The molecule has 0 spiro atoms. The van der Waals surface area contributed by atoms with Gasteiger partial charge in [0.1, 0.15) is 0 Å². The summed E-state index contributed by atoms with van der Waals surface area (Å²) >= 11 is 0. The molecule has 1 atom stereocenters. The number of carbonyl (C=O) groups is 2. The van der Waals surface area contributed by atoms with Gasteiger partial charge in [-0.1, -0.05) is 18.2 Å². The number of carbonyl (C=O) groups excluding carboxylic acids is 2.